The third-order valence-corrected chi connectivity index (χ3v) is 3.59. The number of anilines is 2. The highest BCUT2D eigenvalue weighted by molar-refractivity contribution is 5.55. The summed E-state index contributed by atoms with van der Waals surface area (Å²) in [5, 5.41) is 3.51. The summed E-state index contributed by atoms with van der Waals surface area (Å²) in [5.74, 6) is 0. The van der Waals surface area contributed by atoms with Crippen LogP contribution in [0, 0.1) is 0 Å². The maximum absolute atomic E-state index is 4.05. The van der Waals surface area contributed by atoms with Gasteiger partial charge in [-0.05, 0) is 62.7 Å². The van der Waals surface area contributed by atoms with Crippen LogP contribution < -0.4 is 10.2 Å². The Morgan fingerprint density at radius 3 is 2.15 bits per heavy atom. The molecule has 3 nitrogen and oxygen atoms in total. The summed E-state index contributed by atoms with van der Waals surface area (Å²) in [7, 11) is 0. The molecule has 1 N–H and O–H groups in total. The highest BCUT2D eigenvalue weighted by Gasteiger charge is 2.05. The van der Waals surface area contributed by atoms with Gasteiger partial charge in [0.15, 0.2) is 0 Å². The summed E-state index contributed by atoms with van der Waals surface area (Å²) in [5.41, 5.74) is 3.66. The average molecular weight is 269 g/mol. The molecule has 20 heavy (non-hydrogen) atoms. The molecule has 1 atom stereocenters. The molecule has 2 rings (SSSR count). The lowest BCUT2D eigenvalue weighted by atomic mass is 10.1. The fourth-order valence-electron chi connectivity index (χ4n) is 2.34. The van der Waals surface area contributed by atoms with Gasteiger partial charge < -0.3 is 10.2 Å². The van der Waals surface area contributed by atoms with Crippen molar-refractivity contribution in [3.05, 3.63) is 54.4 Å². The maximum Gasteiger partial charge on any atom is 0.0486 e. The first-order valence-electron chi connectivity index (χ1n) is 7.26. The van der Waals surface area contributed by atoms with Crippen molar-refractivity contribution in [1.29, 1.82) is 0 Å². The van der Waals surface area contributed by atoms with E-state index in [9.17, 15) is 0 Å². The molecule has 106 valence electrons. The number of pyridine rings is 1. The number of rotatable bonds is 6. The monoisotopic (exact) mass is 269 g/mol. The number of hydrogen-bond donors (Lipinski definition) is 1. The Morgan fingerprint density at radius 1 is 1.00 bits per heavy atom. The molecule has 0 aliphatic heterocycles. The van der Waals surface area contributed by atoms with Gasteiger partial charge in [-0.15, -0.1) is 0 Å². The number of benzene rings is 1. The summed E-state index contributed by atoms with van der Waals surface area (Å²) in [6, 6.07) is 13.0. The first kappa shape index (κ1) is 14.4. The second-order valence-electron chi connectivity index (χ2n) is 4.87. The first-order chi connectivity index (χ1) is 9.74. The molecule has 1 unspecified atom stereocenters. The molecular formula is C17H23N3. The summed E-state index contributed by atoms with van der Waals surface area (Å²) < 4.78 is 0. The molecule has 1 aromatic carbocycles. The van der Waals surface area contributed by atoms with E-state index in [0.717, 1.165) is 18.8 Å². The Bertz CT molecular complexity index is 504. The van der Waals surface area contributed by atoms with Gasteiger partial charge in [-0.3, -0.25) is 4.98 Å². The zero-order valence-electron chi connectivity index (χ0n) is 12.5. The van der Waals surface area contributed by atoms with E-state index in [2.05, 4.69) is 60.2 Å². The Hall–Kier alpha value is -2.03. The molecule has 0 saturated heterocycles. The Balaban J connectivity index is 2.04. The lowest BCUT2D eigenvalue weighted by molar-refractivity contribution is 0.864. The zero-order chi connectivity index (χ0) is 14.4. The summed E-state index contributed by atoms with van der Waals surface area (Å²) in [6.07, 6.45) is 3.66. The molecule has 0 amide bonds. The Morgan fingerprint density at radius 2 is 1.60 bits per heavy atom. The zero-order valence-corrected chi connectivity index (χ0v) is 12.5. The van der Waals surface area contributed by atoms with Gasteiger partial charge in [-0.2, -0.15) is 0 Å². The van der Waals surface area contributed by atoms with E-state index in [1.165, 1.54) is 11.3 Å². The standard InChI is InChI=1S/C17H23N3/c1-4-20(5-2)17-8-6-16(7-9-17)19-14(3)15-10-12-18-13-11-15/h6-14,19H,4-5H2,1-3H3. The van der Waals surface area contributed by atoms with E-state index < -0.39 is 0 Å². The van der Waals surface area contributed by atoms with Crippen molar-refractivity contribution in [3.8, 4) is 0 Å². The molecule has 1 heterocycles. The van der Waals surface area contributed by atoms with E-state index in [0.29, 0.717) is 0 Å². The van der Waals surface area contributed by atoms with Crippen molar-refractivity contribution in [1.82, 2.24) is 4.98 Å². The fourth-order valence-corrected chi connectivity index (χ4v) is 2.34. The van der Waals surface area contributed by atoms with Crippen LogP contribution >= 0.6 is 0 Å². The second kappa shape index (κ2) is 6.94. The normalized spacial score (nSPS) is 11.9. The molecule has 2 aromatic rings. The van der Waals surface area contributed by atoms with E-state index in [1.54, 1.807) is 0 Å². The molecule has 0 aliphatic rings. The Kier molecular flexibility index (Phi) is 4.99. The van der Waals surface area contributed by atoms with Crippen LogP contribution in [0.4, 0.5) is 11.4 Å². The van der Waals surface area contributed by atoms with Crippen LogP contribution in [-0.4, -0.2) is 18.1 Å². The van der Waals surface area contributed by atoms with Gasteiger partial charge in [-0.25, -0.2) is 0 Å². The maximum atomic E-state index is 4.05. The third kappa shape index (κ3) is 3.50. The molecule has 1 aromatic heterocycles. The van der Waals surface area contributed by atoms with Gasteiger partial charge in [0, 0.05) is 42.9 Å². The van der Waals surface area contributed by atoms with Crippen LogP contribution in [0.25, 0.3) is 0 Å². The van der Waals surface area contributed by atoms with Crippen molar-refractivity contribution < 1.29 is 0 Å². The smallest absolute Gasteiger partial charge is 0.0486 e. The number of aromatic nitrogens is 1. The van der Waals surface area contributed by atoms with E-state index in [1.807, 2.05) is 24.5 Å². The molecule has 0 radical (unpaired) electrons. The lowest BCUT2D eigenvalue weighted by Gasteiger charge is -2.22. The van der Waals surface area contributed by atoms with Gasteiger partial charge in [-0.1, -0.05) is 0 Å². The molecule has 0 aliphatic carbocycles. The van der Waals surface area contributed by atoms with Gasteiger partial charge in [0.05, 0.1) is 0 Å². The predicted molar refractivity (Wildman–Crippen MR) is 86.3 cm³/mol. The SMILES string of the molecule is CCN(CC)c1ccc(NC(C)c2ccncc2)cc1. The van der Waals surface area contributed by atoms with E-state index in [-0.39, 0.29) is 6.04 Å². The average Bonchev–Trinajstić information content (AvgIpc) is 2.51. The van der Waals surface area contributed by atoms with E-state index >= 15 is 0 Å². The summed E-state index contributed by atoms with van der Waals surface area (Å²) in [4.78, 5) is 6.39. The highest BCUT2D eigenvalue weighted by Crippen LogP contribution is 2.22. The number of nitrogens with zero attached hydrogens (tertiary/aromatic N) is 2. The van der Waals surface area contributed by atoms with Gasteiger partial charge in [0.1, 0.15) is 0 Å². The largest absolute Gasteiger partial charge is 0.379 e. The molecule has 3 heteroatoms. The van der Waals surface area contributed by atoms with Crippen LogP contribution in [-0.2, 0) is 0 Å². The lowest BCUT2D eigenvalue weighted by Crippen LogP contribution is -2.21. The fraction of sp³-hybridized carbons (Fsp3) is 0.353. The van der Waals surface area contributed by atoms with Crippen LogP contribution in [0.2, 0.25) is 0 Å². The van der Waals surface area contributed by atoms with Crippen LogP contribution in [0.3, 0.4) is 0 Å². The Labute approximate surface area is 121 Å². The van der Waals surface area contributed by atoms with Crippen LogP contribution in [0.1, 0.15) is 32.4 Å². The topological polar surface area (TPSA) is 28.2 Å². The third-order valence-electron chi connectivity index (χ3n) is 3.59. The van der Waals surface area contributed by atoms with Gasteiger partial charge >= 0.3 is 0 Å². The quantitative estimate of drug-likeness (QED) is 0.855. The van der Waals surface area contributed by atoms with Crippen molar-refractivity contribution in [2.24, 2.45) is 0 Å². The van der Waals surface area contributed by atoms with E-state index in [4.69, 9.17) is 0 Å². The van der Waals surface area contributed by atoms with Crippen molar-refractivity contribution in [2.45, 2.75) is 26.8 Å². The minimum Gasteiger partial charge on any atom is -0.379 e. The van der Waals surface area contributed by atoms with Crippen LogP contribution in [0.15, 0.2) is 48.8 Å². The van der Waals surface area contributed by atoms with Crippen molar-refractivity contribution >= 4 is 11.4 Å². The highest BCUT2D eigenvalue weighted by atomic mass is 15.1. The molecular weight excluding hydrogens is 246 g/mol. The van der Waals surface area contributed by atoms with Gasteiger partial charge in [0.25, 0.3) is 0 Å². The molecule has 0 bridgehead atoms. The second-order valence-corrected chi connectivity index (χ2v) is 4.87. The van der Waals surface area contributed by atoms with Crippen molar-refractivity contribution in [2.75, 3.05) is 23.3 Å². The first-order valence-corrected chi connectivity index (χ1v) is 7.26. The van der Waals surface area contributed by atoms with Crippen molar-refractivity contribution in [3.63, 3.8) is 0 Å². The van der Waals surface area contributed by atoms with Gasteiger partial charge in [0.2, 0.25) is 0 Å². The minimum atomic E-state index is 0.275. The number of nitrogens with one attached hydrogen (secondary N) is 1. The minimum absolute atomic E-state index is 0.275. The number of hydrogen-bond acceptors (Lipinski definition) is 3. The van der Waals surface area contributed by atoms with Crippen LogP contribution in [0.5, 0.6) is 0 Å². The summed E-state index contributed by atoms with van der Waals surface area (Å²) >= 11 is 0. The predicted octanol–water partition coefficient (Wildman–Crippen LogP) is 4.10. The summed E-state index contributed by atoms with van der Waals surface area (Å²) in [6.45, 7) is 8.60. The molecule has 0 spiro atoms. The molecule has 0 saturated carbocycles. The molecule has 0 fully saturated rings.